The van der Waals surface area contributed by atoms with Gasteiger partial charge in [0.15, 0.2) is 0 Å². The summed E-state index contributed by atoms with van der Waals surface area (Å²) in [6.45, 7) is 5.76. The first-order valence-electron chi connectivity index (χ1n) is 10.2. The van der Waals surface area contributed by atoms with Crippen LogP contribution in [0.25, 0.3) is 10.9 Å². The molecule has 0 aliphatic rings. The molecule has 0 saturated carbocycles. The van der Waals surface area contributed by atoms with E-state index >= 15 is 0 Å². The van der Waals surface area contributed by atoms with Gasteiger partial charge in [-0.05, 0) is 36.8 Å². The Morgan fingerprint density at radius 1 is 1.10 bits per heavy atom. The third-order valence-corrected chi connectivity index (χ3v) is 5.02. The Labute approximate surface area is 182 Å². The lowest BCUT2D eigenvalue weighted by Gasteiger charge is -2.20. The molecular formula is C26H27N3O2. The average Bonchev–Trinajstić information content (AvgIpc) is 3.18. The Bertz CT molecular complexity index is 1140. The van der Waals surface area contributed by atoms with E-state index in [1.54, 1.807) is 30.3 Å². The van der Waals surface area contributed by atoms with Crippen molar-refractivity contribution < 1.29 is 9.59 Å². The van der Waals surface area contributed by atoms with E-state index in [4.69, 9.17) is 0 Å². The third kappa shape index (κ3) is 5.39. The molecule has 31 heavy (non-hydrogen) atoms. The summed E-state index contributed by atoms with van der Waals surface area (Å²) >= 11 is 0. The van der Waals surface area contributed by atoms with Gasteiger partial charge in [-0.2, -0.15) is 0 Å². The highest BCUT2D eigenvalue weighted by Gasteiger charge is 2.23. The molecule has 2 aromatic carbocycles. The van der Waals surface area contributed by atoms with Crippen LogP contribution in [0.4, 0.5) is 5.69 Å². The monoisotopic (exact) mass is 413 g/mol. The zero-order valence-corrected chi connectivity index (χ0v) is 17.8. The van der Waals surface area contributed by atoms with Crippen molar-refractivity contribution in [3.8, 4) is 0 Å². The van der Waals surface area contributed by atoms with Crippen LogP contribution in [0.3, 0.4) is 0 Å². The number of hydrogen-bond acceptors (Lipinski definition) is 2. The second kappa shape index (κ2) is 10.3. The number of rotatable bonds is 8. The van der Waals surface area contributed by atoms with E-state index in [1.165, 1.54) is 0 Å². The highest BCUT2D eigenvalue weighted by molar-refractivity contribution is 6.05. The summed E-state index contributed by atoms with van der Waals surface area (Å²) in [6, 6.07) is 15.9. The number of carbonyl (C=O) groups is 2. The highest BCUT2D eigenvalue weighted by atomic mass is 16.2. The molecule has 158 valence electrons. The van der Waals surface area contributed by atoms with Gasteiger partial charge in [0.2, 0.25) is 5.91 Å². The molecule has 0 saturated heterocycles. The molecule has 1 unspecified atom stereocenters. The molecule has 5 nitrogen and oxygen atoms in total. The summed E-state index contributed by atoms with van der Waals surface area (Å²) in [6.07, 6.45) is 9.64. The number of allylic oxidation sites excluding steroid dienone is 4. The number of nitrogens with one attached hydrogen (secondary N) is 2. The third-order valence-electron chi connectivity index (χ3n) is 5.02. The lowest BCUT2D eigenvalue weighted by molar-refractivity contribution is -0.117. The molecule has 1 aromatic heterocycles. The molecule has 3 aromatic rings. The minimum atomic E-state index is -0.766. The molecule has 3 rings (SSSR count). The largest absolute Gasteiger partial charge is 0.349 e. The second-order valence-corrected chi connectivity index (χ2v) is 7.23. The summed E-state index contributed by atoms with van der Waals surface area (Å²) in [4.78, 5) is 26.0. The van der Waals surface area contributed by atoms with E-state index in [-0.39, 0.29) is 11.8 Å². The standard InChI is InChI=1S/C26H27N3O2/c1-4-6-11-19(5-2)18-23(28-25(30)21-12-8-7-9-13-21)26(31)27-22-15-10-14-20-16-17-29(3)24(20)22/h4-17,23H,2,18H2,1,3H3,(H,27,31)(H,28,30)/b6-4-,19-11+. The van der Waals surface area contributed by atoms with Crippen LogP contribution in [0.1, 0.15) is 23.7 Å². The number of carbonyl (C=O) groups excluding carboxylic acids is 2. The van der Waals surface area contributed by atoms with E-state index in [2.05, 4.69) is 17.2 Å². The molecule has 5 heteroatoms. The van der Waals surface area contributed by atoms with Gasteiger partial charge in [0, 0.05) is 30.6 Å². The van der Waals surface area contributed by atoms with Gasteiger partial charge in [-0.1, -0.05) is 61.2 Å². The van der Waals surface area contributed by atoms with Gasteiger partial charge in [0.25, 0.3) is 5.91 Å². The minimum Gasteiger partial charge on any atom is -0.349 e. The van der Waals surface area contributed by atoms with Crippen LogP contribution in [0.15, 0.2) is 97.3 Å². The molecule has 0 spiro atoms. The van der Waals surface area contributed by atoms with Gasteiger partial charge in [0.1, 0.15) is 6.04 Å². The molecule has 0 radical (unpaired) electrons. The van der Waals surface area contributed by atoms with Crippen molar-refractivity contribution in [2.24, 2.45) is 7.05 Å². The van der Waals surface area contributed by atoms with Crippen LogP contribution in [0.5, 0.6) is 0 Å². The normalized spacial score (nSPS) is 12.6. The summed E-state index contributed by atoms with van der Waals surface area (Å²) in [5.74, 6) is -0.585. The first-order valence-corrected chi connectivity index (χ1v) is 10.2. The maximum atomic E-state index is 13.3. The van der Waals surface area contributed by atoms with Crippen molar-refractivity contribution >= 4 is 28.4 Å². The Balaban J connectivity index is 1.88. The average molecular weight is 414 g/mol. The predicted molar refractivity (Wildman–Crippen MR) is 127 cm³/mol. The molecule has 0 fully saturated rings. The van der Waals surface area contributed by atoms with Crippen LogP contribution < -0.4 is 10.6 Å². The van der Waals surface area contributed by atoms with Crippen molar-refractivity contribution in [1.82, 2.24) is 9.88 Å². The number of anilines is 1. The smallest absolute Gasteiger partial charge is 0.251 e. The Morgan fingerprint density at radius 3 is 2.58 bits per heavy atom. The van der Waals surface area contributed by atoms with Gasteiger partial charge in [-0.3, -0.25) is 9.59 Å². The molecule has 2 N–H and O–H groups in total. The molecule has 0 aliphatic heterocycles. The van der Waals surface area contributed by atoms with Crippen molar-refractivity contribution in [1.29, 1.82) is 0 Å². The van der Waals surface area contributed by atoms with E-state index in [0.29, 0.717) is 17.7 Å². The van der Waals surface area contributed by atoms with Crippen LogP contribution in [0, 0.1) is 0 Å². The number of para-hydroxylation sites is 1. The number of benzene rings is 2. The van der Waals surface area contributed by atoms with Crippen molar-refractivity contribution in [3.05, 3.63) is 103 Å². The Hall–Kier alpha value is -3.86. The fourth-order valence-electron chi connectivity index (χ4n) is 3.39. The van der Waals surface area contributed by atoms with Crippen LogP contribution in [0.2, 0.25) is 0 Å². The van der Waals surface area contributed by atoms with E-state index in [9.17, 15) is 9.59 Å². The SMILES string of the molecule is C=C/C(=C\C=C/C)CC(NC(=O)c1ccccc1)C(=O)Nc1cccc2ccn(C)c12. The summed E-state index contributed by atoms with van der Waals surface area (Å²) in [7, 11) is 1.93. The van der Waals surface area contributed by atoms with Crippen molar-refractivity contribution in [2.45, 2.75) is 19.4 Å². The van der Waals surface area contributed by atoms with Gasteiger partial charge < -0.3 is 15.2 Å². The number of hydrogen-bond donors (Lipinski definition) is 2. The number of nitrogens with zero attached hydrogens (tertiary/aromatic N) is 1. The molecule has 1 heterocycles. The van der Waals surface area contributed by atoms with Gasteiger partial charge in [-0.25, -0.2) is 0 Å². The van der Waals surface area contributed by atoms with Crippen molar-refractivity contribution in [2.75, 3.05) is 5.32 Å². The predicted octanol–water partition coefficient (Wildman–Crippen LogP) is 4.99. The van der Waals surface area contributed by atoms with E-state index in [0.717, 1.165) is 16.5 Å². The second-order valence-electron chi connectivity index (χ2n) is 7.23. The number of aromatic nitrogens is 1. The van der Waals surface area contributed by atoms with Crippen LogP contribution in [-0.4, -0.2) is 22.4 Å². The molecule has 0 bridgehead atoms. The zero-order valence-electron chi connectivity index (χ0n) is 17.8. The van der Waals surface area contributed by atoms with Crippen LogP contribution in [-0.2, 0) is 11.8 Å². The van der Waals surface area contributed by atoms with Gasteiger partial charge in [-0.15, -0.1) is 0 Å². The number of aryl methyl sites for hydroxylation is 1. The lowest BCUT2D eigenvalue weighted by atomic mass is 10.0. The maximum Gasteiger partial charge on any atom is 0.251 e. The van der Waals surface area contributed by atoms with E-state index < -0.39 is 6.04 Å². The number of amides is 2. The molecule has 2 amide bonds. The molecular weight excluding hydrogens is 386 g/mol. The maximum absolute atomic E-state index is 13.3. The van der Waals surface area contributed by atoms with Crippen molar-refractivity contribution in [3.63, 3.8) is 0 Å². The summed E-state index contributed by atoms with van der Waals surface area (Å²) < 4.78 is 1.96. The van der Waals surface area contributed by atoms with Crippen LogP contribution >= 0.6 is 0 Å². The van der Waals surface area contributed by atoms with E-state index in [1.807, 2.05) is 73.3 Å². The lowest BCUT2D eigenvalue weighted by Crippen LogP contribution is -2.44. The Morgan fingerprint density at radius 2 is 1.87 bits per heavy atom. The summed E-state index contributed by atoms with van der Waals surface area (Å²) in [5, 5.41) is 6.91. The fourth-order valence-corrected chi connectivity index (χ4v) is 3.39. The Kier molecular flexibility index (Phi) is 7.22. The summed E-state index contributed by atoms with van der Waals surface area (Å²) in [5.41, 5.74) is 2.98. The minimum absolute atomic E-state index is 0.286. The zero-order chi connectivity index (χ0) is 22.2. The number of fused-ring (bicyclic) bond motifs is 1. The molecule has 0 aliphatic carbocycles. The first-order chi connectivity index (χ1) is 15.0. The molecule has 1 atom stereocenters. The first kappa shape index (κ1) is 21.8. The fraction of sp³-hybridized carbons (Fsp3) is 0.154. The highest BCUT2D eigenvalue weighted by Crippen LogP contribution is 2.24. The quantitative estimate of drug-likeness (QED) is 0.511. The van der Waals surface area contributed by atoms with Gasteiger partial charge in [0.05, 0.1) is 11.2 Å². The topological polar surface area (TPSA) is 63.1 Å². The van der Waals surface area contributed by atoms with Gasteiger partial charge >= 0.3 is 0 Å².